The van der Waals surface area contributed by atoms with E-state index in [1.54, 1.807) is 0 Å². The molecular weight excluding hydrogens is 294 g/mol. The molecule has 2 rings (SSSR count). The summed E-state index contributed by atoms with van der Waals surface area (Å²) >= 11 is 0. The van der Waals surface area contributed by atoms with Gasteiger partial charge in [0.1, 0.15) is 0 Å². The molecule has 128 valence electrons. The molecule has 0 radical (unpaired) electrons. The highest BCUT2D eigenvalue weighted by Crippen LogP contribution is 2.27. The lowest BCUT2D eigenvalue weighted by Crippen LogP contribution is -2.49. The highest BCUT2D eigenvalue weighted by atomic mass is 16.5. The van der Waals surface area contributed by atoms with Crippen molar-refractivity contribution in [2.45, 2.75) is 32.7 Å². The molecule has 2 atom stereocenters. The molecule has 1 aromatic rings. The molecule has 0 amide bonds. The van der Waals surface area contributed by atoms with Crippen LogP contribution in [0, 0.1) is 5.92 Å². The first-order valence-corrected chi connectivity index (χ1v) is 8.23. The van der Waals surface area contributed by atoms with Crippen LogP contribution in [0.25, 0.3) is 0 Å². The molecular formula is C16H27N5O2. The topological polar surface area (TPSA) is 71.8 Å². The molecule has 1 aliphatic rings. The minimum absolute atomic E-state index is 0.229. The molecule has 1 aliphatic heterocycles. The zero-order chi connectivity index (χ0) is 16.7. The fourth-order valence-electron chi connectivity index (χ4n) is 2.88. The van der Waals surface area contributed by atoms with Crippen LogP contribution in [-0.4, -0.2) is 59.7 Å². The Morgan fingerprint density at radius 3 is 3.00 bits per heavy atom. The van der Waals surface area contributed by atoms with E-state index >= 15 is 0 Å². The van der Waals surface area contributed by atoms with Crippen LogP contribution in [0.15, 0.2) is 23.7 Å². The quantitative estimate of drug-likeness (QED) is 0.503. The van der Waals surface area contributed by atoms with E-state index in [0.717, 1.165) is 32.0 Å². The summed E-state index contributed by atoms with van der Waals surface area (Å²) in [6.45, 7) is 7.44. The Kier molecular flexibility index (Phi) is 6.43. The highest BCUT2D eigenvalue weighted by molar-refractivity contribution is 5.80. The molecule has 0 saturated carbocycles. The van der Waals surface area contributed by atoms with E-state index in [1.165, 1.54) is 7.11 Å². The van der Waals surface area contributed by atoms with Crippen molar-refractivity contribution in [3.63, 3.8) is 0 Å². The number of nitrogens with zero attached hydrogens (tertiary/aromatic N) is 4. The van der Waals surface area contributed by atoms with Crippen LogP contribution < -0.4 is 5.32 Å². The number of carbonyl (C=O) groups excluding carboxylic acids is 1. The van der Waals surface area contributed by atoms with Gasteiger partial charge in [0.2, 0.25) is 0 Å². The second-order valence-corrected chi connectivity index (χ2v) is 5.85. The van der Waals surface area contributed by atoms with Crippen molar-refractivity contribution in [3.05, 3.63) is 18.7 Å². The molecule has 7 heteroatoms. The molecule has 0 bridgehead atoms. The molecule has 2 unspecified atom stereocenters. The lowest BCUT2D eigenvalue weighted by Gasteiger charge is -2.39. The van der Waals surface area contributed by atoms with Crippen molar-refractivity contribution >= 4 is 11.9 Å². The number of nitrogens with one attached hydrogen (secondary N) is 1. The van der Waals surface area contributed by atoms with E-state index in [2.05, 4.69) is 43.3 Å². The first kappa shape index (κ1) is 17.3. The smallest absolute Gasteiger partial charge is 0.307 e. The number of ether oxygens (including phenoxy) is 1. The Hall–Kier alpha value is -2.05. The number of likely N-dealkylation sites (tertiary alicyclic amines) is 1. The van der Waals surface area contributed by atoms with Crippen LogP contribution in [0.2, 0.25) is 0 Å². The summed E-state index contributed by atoms with van der Waals surface area (Å²) in [6.07, 6.45) is 7.13. The molecule has 1 fully saturated rings. The number of aliphatic imine (C=N–C) groups is 1. The van der Waals surface area contributed by atoms with Crippen LogP contribution in [0.4, 0.5) is 0 Å². The Morgan fingerprint density at radius 2 is 2.35 bits per heavy atom. The van der Waals surface area contributed by atoms with Gasteiger partial charge in [-0.25, -0.2) is 4.98 Å². The van der Waals surface area contributed by atoms with Gasteiger partial charge in [-0.05, 0) is 19.3 Å². The molecule has 7 nitrogen and oxygen atoms in total. The maximum atomic E-state index is 11.2. The maximum absolute atomic E-state index is 11.2. The third-order valence-electron chi connectivity index (χ3n) is 4.27. The minimum atomic E-state index is -0.229. The average Bonchev–Trinajstić information content (AvgIpc) is 3.08. The number of carbonyl (C=O) groups is 1. The van der Waals surface area contributed by atoms with Gasteiger partial charge in [-0.15, -0.1) is 0 Å². The standard InChI is InChI=1S/C16H27N5O2/c1-4-18-16(19-7-5-15(22)23-3)20-9-6-13(2)14(11-20)21-10-8-17-12-21/h8,10,12-14H,4-7,9,11H2,1-3H3,(H,18,19). The van der Waals surface area contributed by atoms with Crippen LogP contribution in [0.3, 0.4) is 0 Å². The van der Waals surface area contributed by atoms with Gasteiger partial charge in [0, 0.05) is 32.0 Å². The number of guanidine groups is 1. The van der Waals surface area contributed by atoms with Crippen molar-refractivity contribution in [1.29, 1.82) is 0 Å². The molecule has 0 aromatic carbocycles. The van der Waals surface area contributed by atoms with Crippen LogP contribution in [0.1, 0.15) is 32.7 Å². The van der Waals surface area contributed by atoms with Gasteiger partial charge in [0.15, 0.2) is 5.96 Å². The fraction of sp³-hybridized carbons (Fsp3) is 0.688. The SMILES string of the molecule is CCNC(=NCCC(=O)OC)N1CCC(C)C(n2ccnc2)C1. The summed E-state index contributed by atoms with van der Waals surface area (Å²) in [5.74, 6) is 1.24. The van der Waals surface area contributed by atoms with Crippen molar-refractivity contribution in [1.82, 2.24) is 19.8 Å². The molecule has 1 aromatic heterocycles. The first-order chi connectivity index (χ1) is 11.2. The van der Waals surface area contributed by atoms with Crippen molar-refractivity contribution in [2.24, 2.45) is 10.9 Å². The van der Waals surface area contributed by atoms with Gasteiger partial charge < -0.3 is 19.5 Å². The van der Waals surface area contributed by atoms with Crippen LogP contribution >= 0.6 is 0 Å². The Bertz CT molecular complexity index is 515. The van der Waals surface area contributed by atoms with Gasteiger partial charge in [-0.3, -0.25) is 9.79 Å². The first-order valence-electron chi connectivity index (χ1n) is 8.23. The number of rotatable bonds is 5. The lowest BCUT2D eigenvalue weighted by atomic mass is 9.93. The number of hydrogen-bond acceptors (Lipinski definition) is 4. The Labute approximate surface area is 137 Å². The summed E-state index contributed by atoms with van der Waals surface area (Å²) in [4.78, 5) is 22.2. The van der Waals surface area contributed by atoms with Gasteiger partial charge in [0.05, 0.1) is 32.4 Å². The van der Waals surface area contributed by atoms with E-state index in [4.69, 9.17) is 0 Å². The summed E-state index contributed by atoms with van der Waals surface area (Å²) in [7, 11) is 1.40. The summed E-state index contributed by atoms with van der Waals surface area (Å²) in [6, 6.07) is 0.385. The molecule has 1 saturated heterocycles. The molecule has 0 aliphatic carbocycles. The minimum Gasteiger partial charge on any atom is -0.469 e. The summed E-state index contributed by atoms with van der Waals surface area (Å²) < 4.78 is 6.84. The van der Waals surface area contributed by atoms with E-state index in [9.17, 15) is 4.79 Å². The monoisotopic (exact) mass is 321 g/mol. The highest BCUT2D eigenvalue weighted by Gasteiger charge is 2.28. The average molecular weight is 321 g/mol. The Balaban J connectivity index is 2.03. The van der Waals surface area contributed by atoms with E-state index in [1.807, 2.05) is 18.7 Å². The molecule has 1 N–H and O–H groups in total. The molecule has 2 heterocycles. The number of piperidine rings is 1. The van der Waals surface area contributed by atoms with Gasteiger partial charge >= 0.3 is 5.97 Å². The van der Waals surface area contributed by atoms with Crippen molar-refractivity contribution in [3.8, 4) is 0 Å². The number of imidazole rings is 1. The number of esters is 1. The normalized spacial score (nSPS) is 22.0. The second kappa shape index (κ2) is 8.55. The number of aromatic nitrogens is 2. The van der Waals surface area contributed by atoms with E-state index < -0.39 is 0 Å². The van der Waals surface area contributed by atoms with Crippen LogP contribution in [-0.2, 0) is 9.53 Å². The molecule has 23 heavy (non-hydrogen) atoms. The second-order valence-electron chi connectivity index (χ2n) is 5.85. The maximum Gasteiger partial charge on any atom is 0.307 e. The van der Waals surface area contributed by atoms with Gasteiger partial charge in [-0.1, -0.05) is 6.92 Å². The van der Waals surface area contributed by atoms with Gasteiger partial charge in [0.25, 0.3) is 0 Å². The van der Waals surface area contributed by atoms with Crippen LogP contribution in [0.5, 0.6) is 0 Å². The lowest BCUT2D eigenvalue weighted by molar-refractivity contribution is -0.140. The van der Waals surface area contributed by atoms with Gasteiger partial charge in [-0.2, -0.15) is 0 Å². The zero-order valence-electron chi connectivity index (χ0n) is 14.2. The number of hydrogen-bond donors (Lipinski definition) is 1. The van der Waals surface area contributed by atoms with Crippen molar-refractivity contribution in [2.75, 3.05) is 33.3 Å². The zero-order valence-corrected chi connectivity index (χ0v) is 14.2. The predicted molar refractivity (Wildman–Crippen MR) is 89.2 cm³/mol. The fourth-order valence-corrected chi connectivity index (χ4v) is 2.88. The van der Waals surface area contributed by atoms with Crippen molar-refractivity contribution < 1.29 is 9.53 Å². The summed E-state index contributed by atoms with van der Waals surface area (Å²) in [5.41, 5.74) is 0. The Morgan fingerprint density at radius 1 is 1.52 bits per heavy atom. The third-order valence-corrected chi connectivity index (χ3v) is 4.27. The molecule has 0 spiro atoms. The summed E-state index contributed by atoms with van der Waals surface area (Å²) in [5, 5.41) is 3.32. The van der Waals surface area contributed by atoms with E-state index in [0.29, 0.717) is 24.9 Å². The largest absolute Gasteiger partial charge is 0.469 e. The predicted octanol–water partition coefficient (Wildman–Crippen LogP) is 1.29. The van der Waals surface area contributed by atoms with E-state index in [-0.39, 0.29) is 5.97 Å². The number of methoxy groups -OCH3 is 1. The third kappa shape index (κ3) is 4.71.